The Kier molecular flexibility index (Phi) is 3.42. The van der Waals surface area contributed by atoms with Gasteiger partial charge in [-0.3, -0.25) is 4.79 Å². The van der Waals surface area contributed by atoms with Crippen LogP contribution in [0.5, 0.6) is 0 Å². The maximum absolute atomic E-state index is 12.6. The molecule has 1 amide bonds. The summed E-state index contributed by atoms with van der Waals surface area (Å²) in [6, 6.07) is 8.37. The van der Waals surface area contributed by atoms with E-state index in [1.54, 1.807) is 0 Å². The van der Waals surface area contributed by atoms with E-state index >= 15 is 0 Å². The van der Waals surface area contributed by atoms with Gasteiger partial charge in [-0.1, -0.05) is 18.2 Å². The van der Waals surface area contributed by atoms with E-state index < -0.39 is 0 Å². The quantitative estimate of drug-likeness (QED) is 0.866. The molecule has 20 heavy (non-hydrogen) atoms. The minimum Gasteiger partial charge on any atom is -0.382 e. The lowest BCUT2D eigenvalue weighted by atomic mass is 9.86. The van der Waals surface area contributed by atoms with Gasteiger partial charge >= 0.3 is 0 Å². The van der Waals surface area contributed by atoms with Crippen LogP contribution in [0.15, 0.2) is 24.3 Å². The van der Waals surface area contributed by atoms with Gasteiger partial charge in [0.05, 0.1) is 18.1 Å². The highest BCUT2D eigenvalue weighted by Gasteiger charge is 2.36. The smallest absolute Gasteiger partial charge is 0.226 e. The molecule has 2 heterocycles. The second kappa shape index (κ2) is 5.09. The van der Waals surface area contributed by atoms with Crippen molar-refractivity contribution < 1.29 is 9.53 Å². The maximum Gasteiger partial charge on any atom is 0.226 e. The molecular weight excluding hydrogens is 252 g/mol. The number of nitrogens with one attached hydrogen (secondary N) is 2. The zero-order valence-electron chi connectivity index (χ0n) is 12.1. The van der Waals surface area contributed by atoms with Gasteiger partial charge in [0, 0.05) is 18.3 Å². The molecule has 3 atom stereocenters. The fourth-order valence-corrected chi connectivity index (χ4v) is 3.07. The standard InChI is InChI=1S/C16H22N2O2/c1-11-13(9-12-5-3-4-6-14(12)17-11)15(19)18-16(2)7-8-20-10-16/h3-6,11,13,17H,7-10H2,1-2H3,(H,18,19). The molecule has 1 aromatic rings. The normalized spacial score (nSPS) is 32.3. The summed E-state index contributed by atoms with van der Waals surface area (Å²) >= 11 is 0. The first kappa shape index (κ1) is 13.4. The Labute approximate surface area is 119 Å². The highest BCUT2D eigenvalue weighted by molar-refractivity contribution is 5.82. The van der Waals surface area contributed by atoms with Gasteiger partial charge in [-0.2, -0.15) is 0 Å². The SMILES string of the molecule is CC1Nc2ccccc2CC1C(=O)NC1(C)CCOC1. The van der Waals surface area contributed by atoms with Crippen molar-refractivity contribution in [3.05, 3.63) is 29.8 Å². The Morgan fingerprint density at radius 3 is 3.00 bits per heavy atom. The Hall–Kier alpha value is -1.55. The largest absolute Gasteiger partial charge is 0.382 e. The van der Waals surface area contributed by atoms with E-state index in [4.69, 9.17) is 4.74 Å². The molecule has 1 saturated heterocycles. The van der Waals surface area contributed by atoms with E-state index in [1.807, 2.05) is 12.1 Å². The number of amides is 1. The second-order valence-corrected chi connectivity index (χ2v) is 6.25. The van der Waals surface area contributed by atoms with E-state index in [1.165, 1.54) is 5.56 Å². The Balaban J connectivity index is 1.72. The van der Waals surface area contributed by atoms with Gasteiger partial charge in [-0.25, -0.2) is 0 Å². The summed E-state index contributed by atoms with van der Waals surface area (Å²) in [5.74, 6) is 0.106. The lowest BCUT2D eigenvalue weighted by Crippen LogP contribution is -2.52. The monoisotopic (exact) mass is 274 g/mol. The molecule has 2 aliphatic heterocycles. The predicted molar refractivity (Wildman–Crippen MR) is 78.7 cm³/mol. The van der Waals surface area contributed by atoms with E-state index in [-0.39, 0.29) is 23.4 Å². The second-order valence-electron chi connectivity index (χ2n) is 6.25. The van der Waals surface area contributed by atoms with Crippen molar-refractivity contribution in [2.24, 2.45) is 5.92 Å². The summed E-state index contributed by atoms with van der Waals surface area (Å²) in [5, 5.41) is 6.62. The highest BCUT2D eigenvalue weighted by Crippen LogP contribution is 2.29. The molecule has 0 aliphatic carbocycles. The minimum absolute atomic E-state index is 0.0256. The van der Waals surface area contributed by atoms with Crippen molar-refractivity contribution >= 4 is 11.6 Å². The van der Waals surface area contributed by atoms with E-state index in [0.29, 0.717) is 6.61 Å². The van der Waals surface area contributed by atoms with Crippen LogP contribution in [0.25, 0.3) is 0 Å². The van der Waals surface area contributed by atoms with Crippen LogP contribution in [0, 0.1) is 5.92 Å². The van der Waals surface area contributed by atoms with Crippen LogP contribution in [0.4, 0.5) is 5.69 Å². The average Bonchev–Trinajstić information content (AvgIpc) is 2.84. The molecule has 3 rings (SSSR count). The molecule has 2 N–H and O–H groups in total. The summed E-state index contributed by atoms with van der Waals surface area (Å²) in [6.07, 6.45) is 1.69. The van der Waals surface area contributed by atoms with Gasteiger partial charge in [0.2, 0.25) is 5.91 Å². The van der Waals surface area contributed by atoms with Gasteiger partial charge in [-0.15, -0.1) is 0 Å². The molecule has 0 saturated carbocycles. The van der Waals surface area contributed by atoms with Gasteiger partial charge in [0.25, 0.3) is 0 Å². The molecule has 0 aromatic heterocycles. The number of rotatable bonds is 2. The summed E-state index contributed by atoms with van der Waals surface area (Å²) in [6.45, 7) is 5.49. The number of carbonyl (C=O) groups is 1. The Morgan fingerprint density at radius 1 is 1.45 bits per heavy atom. The molecule has 0 radical (unpaired) electrons. The maximum atomic E-state index is 12.6. The number of hydrogen-bond donors (Lipinski definition) is 2. The van der Waals surface area contributed by atoms with Crippen molar-refractivity contribution in [2.45, 2.75) is 38.3 Å². The molecule has 0 spiro atoms. The van der Waals surface area contributed by atoms with Gasteiger partial charge in [0.1, 0.15) is 0 Å². The molecule has 4 nitrogen and oxygen atoms in total. The molecular formula is C16H22N2O2. The molecule has 2 aliphatic rings. The number of hydrogen-bond acceptors (Lipinski definition) is 3. The van der Waals surface area contributed by atoms with E-state index in [9.17, 15) is 4.79 Å². The third-order valence-corrected chi connectivity index (χ3v) is 4.42. The van der Waals surface area contributed by atoms with Gasteiger partial charge in [-0.05, 0) is 38.3 Å². The third-order valence-electron chi connectivity index (χ3n) is 4.42. The zero-order chi connectivity index (χ0) is 14.2. The predicted octanol–water partition coefficient (Wildman–Crippen LogP) is 1.95. The summed E-state index contributed by atoms with van der Waals surface area (Å²) in [7, 11) is 0. The number of benzene rings is 1. The van der Waals surface area contributed by atoms with Crippen molar-refractivity contribution in [3.63, 3.8) is 0 Å². The van der Waals surface area contributed by atoms with Crippen LogP contribution in [-0.4, -0.2) is 30.7 Å². The molecule has 108 valence electrons. The van der Waals surface area contributed by atoms with Crippen molar-refractivity contribution in [3.8, 4) is 0 Å². The first-order chi connectivity index (χ1) is 9.57. The van der Waals surface area contributed by atoms with Crippen LogP contribution in [-0.2, 0) is 16.0 Å². The fourth-order valence-electron chi connectivity index (χ4n) is 3.07. The van der Waals surface area contributed by atoms with Crippen LogP contribution < -0.4 is 10.6 Å². The van der Waals surface area contributed by atoms with Crippen LogP contribution in [0.2, 0.25) is 0 Å². The fraction of sp³-hybridized carbons (Fsp3) is 0.562. The van der Waals surface area contributed by atoms with E-state index in [2.05, 4.69) is 36.6 Å². The Morgan fingerprint density at radius 2 is 2.25 bits per heavy atom. The zero-order valence-corrected chi connectivity index (χ0v) is 12.1. The first-order valence-electron chi connectivity index (χ1n) is 7.32. The number of ether oxygens (including phenoxy) is 1. The van der Waals surface area contributed by atoms with Crippen molar-refractivity contribution in [1.29, 1.82) is 0 Å². The molecule has 1 fully saturated rings. The average molecular weight is 274 g/mol. The van der Waals surface area contributed by atoms with Crippen molar-refractivity contribution in [2.75, 3.05) is 18.5 Å². The van der Waals surface area contributed by atoms with Gasteiger partial charge in [0.15, 0.2) is 0 Å². The first-order valence-corrected chi connectivity index (χ1v) is 7.32. The van der Waals surface area contributed by atoms with Crippen molar-refractivity contribution in [1.82, 2.24) is 5.32 Å². The number of anilines is 1. The summed E-state index contributed by atoms with van der Waals surface area (Å²) < 4.78 is 5.40. The van der Waals surface area contributed by atoms with Crippen LogP contribution >= 0.6 is 0 Å². The molecule has 1 aromatic carbocycles. The lowest BCUT2D eigenvalue weighted by Gasteiger charge is -2.34. The minimum atomic E-state index is -0.201. The topological polar surface area (TPSA) is 50.4 Å². The summed E-state index contributed by atoms with van der Waals surface area (Å²) in [4.78, 5) is 12.6. The van der Waals surface area contributed by atoms with Gasteiger partial charge < -0.3 is 15.4 Å². The number of carbonyl (C=O) groups excluding carboxylic acids is 1. The number of fused-ring (bicyclic) bond motifs is 1. The molecule has 0 bridgehead atoms. The van der Waals surface area contributed by atoms with Crippen LogP contribution in [0.1, 0.15) is 25.8 Å². The Bertz CT molecular complexity index is 509. The van der Waals surface area contributed by atoms with Crippen LogP contribution in [0.3, 0.4) is 0 Å². The molecule has 3 unspecified atom stereocenters. The van der Waals surface area contributed by atoms with E-state index in [0.717, 1.165) is 25.1 Å². The number of para-hydroxylation sites is 1. The summed E-state index contributed by atoms with van der Waals surface area (Å²) in [5.41, 5.74) is 2.17. The highest BCUT2D eigenvalue weighted by atomic mass is 16.5. The molecule has 4 heteroatoms. The third kappa shape index (κ3) is 2.52. The lowest BCUT2D eigenvalue weighted by molar-refractivity contribution is -0.127.